The summed E-state index contributed by atoms with van der Waals surface area (Å²) in [6.07, 6.45) is 0. The smallest absolute Gasteiger partial charge is 0.0866 e. The molecule has 0 nitrogen and oxygen atoms in total. The topological polar surface area (TPSA) is 0 Å². The highest BCUT2D eigenvalue weighted by Crippen LogP contribution is 1.48. The van der Waals surface area contributed by atoms with Crippen LogP contribution in [0.3, 0.4) is 0 Å². The summed E-state index contributed by atoms with van der Waals surface area (Å²) in [6, 6.07) is 0. The molecule has 0 unspecified atom stereocenters. The van der Waals surface area contributed by atoms with Crippen molar-refractivity contribution in [2.45, 2.75) is 14.4 Å². The van der Waals surface area contributed by atoms with Crippen LogP contribution in [0.2, 0.25) is 0 Å². The lowest BCUT2D eigenvalue weighted by molar-refractivity contribution is 0.527. The number of hydrogen-bond donors (Lipinski definition) is 0. The molecule has 0 rings (SSSR count). The lowest BCUT2D eigenvalue weighted by Gasteiger charge is -1.45. The third kappa shape index (κ3) is 341. The Morgan fingerprint density at radius 2 is 1.75 bits per heavy atom. The Morgan fingerprint density at radius 1 is 1.75 bits per heavy atom. The average molecular weight is 64.1 g/mol. The SMILES string of the molecule is C.CCF. The van der Waals surface area contributed by atoms with Crippen LogP contribution in [-0.2, 0) is 0 Å². The van der Waals surface area contributed by atoms with Crippen LogP contribution in [0, 0.1) is 0 Å². The molecule has 0 saturated carbocycles. The molecule has 0 aliphatic carbocycles. The summed E-state index contributed by atoms with van der Waals surface area (Å²) in [5.74, 6) is 0. The predicted molar refractivity (Wildman–Crippen MR) is 18.4 cm³/mol. The molecule has 4 heavy (non-hydrogen) atoms. The fraction of sp³-hybridized carbons (Fsp3) is 1.00. The molecule has 0 radical (unpaired) electrons. The number of hydrogen-bond acceptors (Lipinski definition) is 0. The molecule has 0 aromatic carbocycles. The quantitative estimate of drug-likeness (QED) is 0.401. The molecule has 0 heterocycles. The monoisotopic (exact) mass is 64.1 g/mol. The third-order valence-corrected chi connectivity index (χ3v) is 0. The molecule has 0 N–H and O–H groups in total. The maximum Gasteiger partial charge on any atom is 0.0866 e. The molecule has 0 amide bonds. The fourth-order valence-corrected chi connectivity index (χ4v) is 0. The molecular weight excluding hydrogens is 55.0 g/mol. The summed E-state index contributed by atoms with van der Waals surface area (Å²) in [5.41, 5.74) is 0. The van der Waals surface area contributed by atoms with Gasteiger partial charge in [-0.1, -0.05) is 7.43 Å². The number of alkyl halides is 1. The van der Waals surface area contributed by atoms with Gasteiger partial charge in [0.2, 0.25) is 0 Å². The Labute approximate surface area is 26.6 Å². The zero-order valence-corrected chi connectivity index (χ0v) is 2.09. The van der Waals surface area contributed by atoms with E-state index >= 15 is 0 Å². The van der Waals surface area contributed by atoms with E-state index < -0.39 is 0 Å². The highest BCUT2D eigenvalue weighted by atomic mass is 19.1. The van der Waals surface area contributed by atoms with Gasteiger partial charge < -0.3 is 0 Å². The van der Waals surface area contributed by atoms with E-state index in [-0.39, 0.29) is 14.1 Å². The first-order valence-corrected chi connectivity index (χ1v) is 0.974. The van der Waals surface area contributed by atoms with Crippen molar-refractivity contribution < 1.29 is 4.39 Å². The standard InChI is InChI=1S/C2H5F.CH4/c1-2-3;/h2H2,1H3;1H4. The first-order chi connectivity index (χ1) is 1.41. The van der Waals surface area contributed by atoms with Crippen molar-refractivity contribution in [3.63, 3.8) is 0 Å². The Morgan fingerprint density at radius 3 is 1.75 bits per heavy atom. The van der Waals surface area contributed by atoms with Gasteiger partial charge in [-0.2, -0.15) is 0 Å². The maximum absolute atomic E-state index is 10.3. The van der Waals surface area contributed by atoms with Crippen molar-refractivity contribution in [3.8, 4) is 0 Å². The van der Waals surface area contributed by atoms with Crippen LogP contribution in [0.1, 0.15) is 14.4 Å². The molecule has 0 atom stereocenters. The number of rotatable bonds is 0. The first kappa shape index (κ1) is 9.06. The molecule has 0 spiro atoms. The molecular formula is C3H9F. The first-order valence-electron chi connectivity index (χ1n) is 0.974. The van der Waals surface area contributed by atoms with Crippen LogP contribution in [0.25, 0.3) is 0 Å². The van der Waals surface area contributed by atoms with E-state index in [1.807, 2.05) is 0 Å². The zero-order chi connectivity index (χ0) is 2.71. The van der Waals surface area contributed by atoms with Crippen molar-refractivity contribution in [3.05, 3.63) is 0 Å². The van der Waals surface area contributed by atoms with E-state index in [1.165, 1.54) is 6.92 Å². The van der Waals surface area contributed by atoms with Gasteiger partial charge in [0.15, 0.2) is 0 Å². The molecule has 1 heteroatoms. The Kier molecular flexibility index (Phi) is 28.6. The summed E-state index contributed by atoms with van der Waals surface area (Å²) in [5, 5.41) is 0. The molecule has 0 aliphatic rings. The largest absolute Gasteiger partial charge is 0.251 e. The second-order valence-corrected chi connectivity index (χ2v) is 0.267. The van der Waals surface area contributed by atoms with Crippen molar-refractivity contribution in [1.82, 2.24) is 0 Å². The van der Waals surface area contributed by atoms with Gasteiger partial charge in [-0.3, -0.25) is 4.39 Å². The van der Waals surface area contributed by atoms with E-state index in [0.29, 0.717) is 0 Å². The Hall–Kier alpha value is -0.0700. The average Bonchev–Trinajstić information content (AvgIpc) is 0.918. The fourth-order valence-electron chi connectivity index (χ4n) is 0. The molecule has 0 saturated heterocycles. The van der Waals surface area contributed by atoms with E-state index in [0.717, 1.165) is 0 Å². The summed E-state index contributed by atoms with van der Waals surface area (Å²) in [4.78, 5) is 0. The molecule has 0 aromatic heterocycles. The van der Waals surface area contributed by atoms with Crippen LogP contribution < -0.4 is 0 Å². The Balaban J connectivity index is 0. The second kappa shape index (κ2) is 12.6. The molecule has 0 aromatic rings. The second-order valence-electron chi connectivity index (χ2n) is 0.267. The molecule has 0 aliphatic heterocycles. The maximum atomic E-state index is 10.3. The van der Waals surface area contributed by atoms with Gasteiger partial charge in [-0.15, -0.1) is 0 Å². The van der Waals surface area contributed by atoms with E-state index in [1.54, 1.807) is 0 Å². The third-order valence-electron chi connectivity index (χ3n) is 0. The van der Waals surface area contributed by atoms with Gasteiger partial charge >= 0.3 is 0 Å². The summed E-state index contributed by atoms with van der Waals surface area (Å²) < 4.78 is 10.3. The van der Waals surface area contributed by atoms with Gasteiger partial charge in [0.05, 0.1) is 6.67 Å². The minimum Gasteiger partial charge on any atom is -0.251 e. The minimum atomic E-state index is -0.250. The molecule has 28 valence electrons. The molecule has 0 fully saturated rings. The van der Waals surface area contributed by atoms with E-state index in [2.05, 4.69) is 0 Å². The van der Waals surface area contributed by atoms with Gasteiger partial charge in [0, 0.05) is 0 Å². The van der Waals surface area contributed by atoms with Crippen molar-refractivity contribution in [2.75, 3.05) is 6.67 Å². The van der Waals surface area contributed by atoms with Gasteiger partial charge in [-0.05, 0) is 6.92 Å². The van der Waals surface area contributed by atoms with Crippen molar-refractivity contribution in [2.24, 2.45) is 0 Å². The predicted octanol–water partition coefficient (Wildman–Crippen LogP) is 1.61. The van der Waals surface area contributed by atoms with Crippen LogP contribution in [0.15, 0.2) is 0 Å². The van der Waals surface area contributed by atoms with Crippen LogP contribution in [0.5, 0.6) is 0 Å². The molecule has 0 bridgehead atoms. The number of halogens is 1. The lowest BCUT2D eigenvalue weighted by Crippen LogP contribution is -1.40. The minimum absolute atomic E-state index is 0. The summed E-state index contributed by atoms with van der Waals surface area (Å²) in [6.45, 7) is 1.21. The van der Waals surface area contributed by atoms with E-state index in [4.69, 9.17) is 0 Å². The summed E-state index contributed by atoms with van der Waals surface area (Å²) in [7, 11) is 0. The van der Waals surface area contributed by atoms with E-state index in [9.17, 15) is 4.39 Å². The highest BCUT2D eigenvalue weighted by Gasteiger charge is 1.39. The lowest BCUT2D eigenvalue weighted by atomic mass is 10.9. The van der Waals surface area contributed by atoms with Crippen molar-refractivity contribution in [1.29, 1.82) is 0 Å². The van der Waals surface area contributed by atoms with Gasteiger partial charge in [0.25, 0.3) is 0 Å². The van der Waals surface area contributed by atoms with Gasteiger partial charge in [0.1, 0.15) is 0 Å². The Bertz CT molecular complexity index is 3.25. The normalized spacial score (nSPS) is 4.50. The van der Waals surface area contributed by atoms with Crippen molar-refractivity contribution >= 4 is 0 Å². The highest BCUT2D eigenvalue weighted by molar-refractivity contribution is 3.86. The zero-order valence-electron chi connectivity index (χ0n) is 2.09. The van der Waals surface area contributed by atoms with Crippen LogP contribution >= 0.6 is 0 Å². The van der Waals surface area contributed by atoms with Crippen LogP contribution in [0.4, 0.5) is 4.39 Å². The summed E-state index contributed by atoms with van der Waals surface area (Å²) >= 11 is 0. The van der Waals surface area contributed by atoms with Crippen LogP contribution in [-0.4, -0.2) is 6.67 Å². The van der Waals surface area contributed by atoms with Gasteiger partial charge in [-0.25, -0.2) is 0 Å².